The van der Waals surface area contributed by atoms with Crippen LogP contribution in [0.5, 0.6) is 11.5 Å². The highest BCUT2D eigenvalue weighted by Crippen LogP contribution is 2.50. The van der Waals surface area contributed by atoms with Gasteiger partial charge in [0.2, 0.25) is 0 Å². The molecule has 2 aromatic rings. The minimum Gasteiger partial charge on any atom is -0.512 e. The number of benzene rings is 2. The zero-order valence-corrected chi connectivity index (χ0v) is 62.5. The molecule has 2 aliphatic rings. The molecule has 2 aromatic carbocycles. The van der Waals surface area contributed by atoms with Crippen molar-refractivity contribution in [2.24, 2.45) is 33.5 Å². The molecule has 12 heteroatoms. The number of hydrogen-bond donors (Lipinski definition) is 4. The molecule has 0 spiro atoms. The Bertz CT molecular complexity index is 2700. The van der Waals surface area contributed by atoms with E-state index in [1.165, 1.54) is 5.56 Å². The van der Waals surface area contributed by atoms with E-state index in [2.05, 4.69) is 176 Å². The first-order valence-electron chi connectivity index (χ1n) is 33.1. The number of aromatic hydroxyl groups is 1. The molecule has 0 amide bonds. The summed E-state index contributed by atoms with van der Waals surface area (Å²) in [6.07, 6.45) is 10.2. The summed E-state index contributed by atoms with van der Waals surface area (Å²) >= 11 is 0. The summed E-state index contributed by atoms with van der Waals surface area (Å²) in [5, 5.41) is 39.1. The summed E-state index contributed by atoms with van der Waals surface area (Å²) in [4.78, 5) is 47.1. The highest BCUT2D eigenvalue weighted by molar-refractivity contribution is 5.70. The van der Waals surface area contributed by atoms with Gasteiger partial charge in [0.15, 0.2) is 0 Å². The number of phenolic OH excluding ortho intramolecular Hbond substituents is 1. The van der Waals surface area contributed by atoms with Crippen molar-refractivity contribution in [3.05, 3.63) is 116 Å². The first-order valence-corrected chi connectivity index (χ1v) is 33.1. The predicted molar refractivity (Wildman–Crippen MR) is 376 cm³/mol. The van der Waals surface area contributed by atoms with Gasteiger partial charge in [0, 0.05) is 43.4 Å². The number of fused-ring (bicyclic) bond motifs is 1. The number of carbonyl (C=O) groups is 4. The molecule has 0 aromatic heterocycles. The van der Waals surface area contributed by atoms with E-state index in [9.17, 15) is 34.5 Å². The predicted octanol–water partition coefficient (Wildman–Crippen LogP) is 20.0. The Morgan fingerprint density at radius 2 is 1.14 bits per heavy atom. The topological polar surface area (TPSA) is 186 Å². The third-order valence-electron chi connectivity index (χ3n) is 15.8. The van der Waals surface area contributed by atoms with Crippen LogP contribution in [-0.2, 0) is 68.1 Å². The van der Waals surface area contributed by atoms with Crippen molar-refractivity contribution in [1.29, 1.82) is 0 Å². The van der Waals surface area contributed by atoms with Crippen LogP contribution in [0, 0.1) is 33.5 Å². The molecule has 12 nitrogen and oxygen atoms in total. The number of rotatable bonds is 21. The normalized spacial score (nSPS) is 15.7. The van der Waals surface area contributed by atoms with Gasteiger partial charge < -0.3 is 44.2 Å². The van der Waals surface area contributed by atoms with Gasteiger partial charge in [0.25, 0.3) is 6.47 Å². The number of aldehydes is 1. The van der Waals surface area contributed by atoms with E-state index in [1.807, 2.05) is 60.6 Å². The fourth-order valence-electron chi connectivity index (χ4n) is 9.99. The average molecular weight is 1260 g/mol. The summed E-state index contributed by atoms with van der Waals surface area (Å²) in [7, 11) is 1.00. The van der Waals surface area contributed by atoms with Crippen molar-refractivity contribution in [1.82, 2.24) is 0 Å². The molecular weight excluding hydrogens is 1130 g/mol. The van der Waals surface area contributed by atoms with Gasteiger partial charge in [-0.05, 0) is 143 Å². The van der Waals surface area contributed by atoms with Crippen LogP contribution < -0.4 is 4.74 Å². The van der Waals surface area contributed by atoms with Crippen molar-refractivity contribution in [2.45, 2.75) is 280 Å². The maximum atomic E-state index is 12.8. The van der Waals surface area contributed by atoms with Crippen LogP contribution in [-0.4, -0.2) is 72.1 Å². The van der Waals surface area contributed by atoms with Gasteiger partial charge in [-0.25, -0.2) is 0 Å². The first-order chi connectivity index (χ1) is 41.1. The first kappa shape index (κ1) is 86.4. The number of esters is 2. The second-order valence-corrected chi connectivity index (χ2v) is 31.0. The molecule has 514 valence electrons. The molecule has 2 atom stereocenters. The van der Waals surface area contributed by atoms with Crippen LogP contribution in [0.4, 0.5) is 0 Å². The average Bonchev–Trinajstić information content (AvgIpc) is 0.762. The van der Waals surface area contributed by atoms with E-state index in [4.69, 9.17) is 24.1 Å². The highest BCUT2D eigenvalue weighted by atomic mass is 16.6. The second kappa shape index (κ2) is 37.2. The van der Waals surface area contributed by atoms with Crippen LogP contribution in [0.3, 0.4) is 0 Å². The van der Waals surface area contributed by atoms with Gasteiger partial charge in [0.1, 0.15) is 49.0 Å². The number of phenols is 1. The van der Waals surface area contributed by atoms with Crippen molar-refractivity contribution in [3.63, 3.8) is 0 Å². The standard InChI is InChI=1S/C38H56O8.C18H30O2.C17H28O.2C2H6.CH4O/c1-24(2)27-16-25(17-28(33(27)42)35(3,4)5)12-14-31(40)44-21-38(11,20-43-23-39)22-45-32(41)15-13-26-18-29(36(6,7)8)34-30(19-26)37(9,10)46-34;1-13(10-9-11-19)12-15(18(6,7)8)16(20)14(2)17(3,4)5;1-8-9-12-10-13(16(2,3)4)15(18)14(11-12)17(5,6)7;3*1-2/h16,18-19,23-24,28,42H,12-15,17,20-22H2,1-11H3;11-12,20H,1,9-10H2,2-8H3;10-11,18H,8-9H2,1-7H3;2*1-2H3;2H,1H3/b;15-12+,16-14-;;;;. The highest BCUT2D eigenvalue weighted by Gasteiger charge is 2.41. The van der Waals surface area contributed by atoms with E-state index < -0.39 is 5.41 Å². The summed E-state index contributed by atoms with van der Waals surface area (Å²) in [6.45, 7) is 64.4. The molecule has 0 bridgehead atoms. The van der Waals surface area contributed by atoms with E-state index in [0.717, 1.165) is 87.7 Å². The zero-order valence-electron chi connectivity index (χ0n) is 62.5. The molecular formula is C78H130O12. The van der Waals surface area contributed by atoms with Crippen LogP contribution >= 0.6 is 0 Å². The SMILES string of the molecule is C=C(/C=C(\C(O)=C(/C)C(C)(C)C)C(C)(C)C)CCC=O.CC.CC.CC(C)C1=C(O)C(C(C)(C)C)CC(CCC(=O)OCC(C)(COC=O)COC(=O)CCc2cc(C(C)(C)C)c3c(c2)C(C)(C)O3)=C1.CCCc1cc(C(C)(C)C)c(O)c(C(C)(C)C)c1.CO. The molecule has 1 aliphatic heterocycles. The van der Waals surface area contributed by atoms with Crippen molar-refractivity contribution >= 4 is 24.7 Å². The Morgan fingerprint density at radius 1 is 0.689 bits per heavy atom. The monoisotopic (exact) mass is 1260 g/mol. The number of carbonyl (C=O) groups excluding carboxylic acids is 4. The summed E-state index contributed by atoms with van der Waals surface area (Å²) in [6, 6.07) is 8.57. The molecule has 0 saturated carbocycles. The summed E-state index contributed by atoms with van der Waals surface area (Å²) in [5.41, 5.74) is 9.74. The molecule has 0 fully saturated rings. The fourth-order valence-corrected chi connectivity index (χ4v) is 9.99. The van der Waals surface area contributed by atoms with Crippen LogP contribution in [0.2, 0.25) is 0 Å². The quantitative estimate of drug-likeness (QED) is 0.0305. The van der Waals surface area contributed by atoms with Gasteiger partial charge in [-0.1, -0.05) is 228 Å². The lowest BCUT2D eigenvalue weighted by Gasteiger charge is -2.42. The number of allylic oxidation sites excluding steroid dienone is 8. The van der Waals surface area contributed by atoms with Crippen LogP contribution in [0.1, 0.15) is 279 Å². The lowest BCUT2D eigenvalue weighted by Crippen LogP contribution is -2.37. The summed E-state index contributed by atoms with van der Waals surface area (Å²) in [5.74, 6) is 1.59. The van der Waals surface area contributed by atoms with E-state index in [-0.39, 0.29) is 94.5 Å². The zero-order chi connectivity index (χ0) is 70.9. The number of ether oxygens (including phenoxy) is 4. The number of aryl methyl sites for hydroxylation is 2. The van der Waals surface area contributed by atoms with Gasteiger partial charge in [-0.2, -0.15) is 0 Å². The third kappa shape index (κ3) is 28.1. The maximum Gasteiger partial charge on any atom is 0.306 e. The number of hydrogen-bond acceptors (Lipinski definition) is 12. The smallest absolute Gasteiger partial charge is 0.306 e. The molecule has 2 unspecified atom stereocenters. The lowest BCUT2D eigenvalue weighted by atomic mass is 9.71. The molecule has 4 rings (SSSR count). The second-order valence-electron chi connectivity index (χ2n) is 31.0. The minimum atomic E-state index is -0.899. The Hall–Kier alpha value is -5.62. The lowest BCUT2D eigenvalue weighted by molar-refractivity contribution is -0.157. The van der Waals surface area contributed by atoms with E-state index in [1.54, 1.807) is 6.92 Å². The molecule has 4 N–H and O–H groups in total. The van der Waals surface area contributed by atoms with E-state index >= 15 is 0 Å². The molecule has 0 saturated heterocycles. The number of aliphatic hydroxyl groups is 3. The van der Waals surface area contributed by atoms with Crippen molar-refractivity contribution in [2.75, 3.05) is 26.9 Å². The van der Waals surface area contributed by atoms with Gasteiger partial charge >= 0.3 is 11.9 Å². The maximum absolute atomic E-state index is 12.8. The van der Waals surface area contributed by atoms with Crippen LogP contribution in [0.15, 0.2) is 82.4 Å². The molecule has 0 radical (unpaired) electrons. The van der Waals surface area contributed by atoms with Crippen molar-refractivity contribution in [3.8, 4) is 11.5 Å². The van der Waals surface area contributed by atoms with Crippen LogP contribution in [0.25, 0.3) is 0 Å². The Labute approximate surface area is 548 Å². The number of aliphatic hydroxyl groups excluding tert-OH is 3. The Morgan fingerprint density at radius 3 is 1.53 bits per heavy atom. The minimum absolute atomic E-state index is 0.0148. The Kier molecular flexibility index (Phi) is 35.7. The molecule has 1 heterocycles. The van der Waals surface area contributed by atoms with Crippen molar-refractivity contribution < 1.29 is 58.6 Å². The Balaban J connectivity index is 0. The summed E-state index contributed by atoms with van der Waals surface area (Å²) < 4.78 is 22.3. The van der Waals surface area contributed by atoms with Gasteiger partial charge in [-0.15, -0.1) is 0 Å². The van der Waals surface area contributed by atoms with Gasteiger partial charge in [-0.3, -0.25) is 14.4 Å². The third-order valence-corrected chi connectivity index (χ3v) is 15.8. The van der Waals surface area contributed by atoms with Gasteiger partial charge in [0.05, 0.1) is 11.2 Å². The fraction of sp³-hybridized carbons (Fsp3) is 0.667. The largest absolute Gasteiger partial charge is 0.512 e. The molecule has 90 heavy (non-hydrogen) atoms. The van der Waals surface area contributed by atoms with E-state index in [0.29, 0.717) is 55.8 Å². The molecule has 1 aliphatic carbocycles.